The second-order valence-electron chi connectivity index (χ2n) is 4.52. The number of methoxy groups -OCH3 is 1. The van der Waals surface area contributed by atoms with Crippen molar-refractivity contribution in [3.05, 3.63) is 28.3 Å². The van der Waals surface area contributed by atoms with Crippen LogP contribution in [-0.4, -0.2) is 7.11 Å². The molecule has 0 spiro atoms. The Labute approximate surface area is 83.7 Å². The molecular weight excluding hydrogens is 180 g/mol. The first-order valence-electron chi connectivity index (χ1n) is 4.58. The Balaban J connectivity index is 2.93. The lowest BCUT2D eigenvalue weighted by Gasteiger charge is -2.16. The maximum absolute atomic E-state index is 11.4. The maximum atomic E-state index is 11.4. The molecule has 0 aromatic carbocycles. The fourth-order valence-corrected chi connectivity index (χ4v) is 1.20. The van der Waals surface area contributed by atoms with Crippen molar-refractivity contribution in [3.63, 3.8) is 0 Å². The van der Waals surface area contributed by atoms with Crippen LogP contribution in [0.1, 0.15) is 26.5 Å². The fraction of sp³-hybridized carbons (Fsp3) is 0.545. The molecule has 0 aliphatic rings. The van der Waals surface area contributed by atoms with E-state index in [1.165, 1.54) is 19.4 Å². The normalized spacial score (nSPS) is 11.4. The van der Waals surface area contributed by atoms with Crippen molar-refractivity contribution in [2.24, 2.45) is 5.41 Å². The third-order valence-corrected chi connectivity index (χ3v) is 1.78. The van der Waals surface area contributed by atoms with E-state index in [0.29, 0.717) is 5.76 Å². The van der Waals surface area contributed by atoms with E-state index in [0.717, 1.165) is 6.42 Å². The quantitative estimate of drug-likeness (QED) is 0.728. The molecule has 0 fully saturated rings. The van der Waals surface area contributed by atoms with Gasteiger partial charge in [0.2, 0.25) is 11.2 Å². The summed E-state index contributed by atoms with van der Waals surface area (Å²) >= 11 is 0. The third kappa shape index (κ3) is 2.91. The molecule has 0 saturated carbocycles. The molecule has 14 heavy (non-hydrogen) atoms. The zero-order valence-corrected chi connectivity index (χ0v) is 9.09. The first-order chi connectivity index (χ1) is 6.42. The van der Waals surface area contributed by atoms with E-state index in [1.54, 1.807) is 0 Å². The molecule has 0 aliphatic carbocycles. The molecule has 3 nitrogen and oxygen atoms in total. The van der Waals surface area contributed by atoms with Crippen LogP contribution < -0.4 is 10.2 Å². The van der Waals surface area contributed by atoms with Gasteiger partial charge in [-0.15, -0.1) is 0 Å². The molecule has 0 radical (unpaired) electrons. The molecule has 1 aromatic rings. The first kappa shape index (κ1) is 10.8. The molecule has 0 bridgehead atoms. The first-order valence-corrected chi connectivity index (χ1v) is 4.58. The smallest absolute Gasteiger partial charge is 0.226 e. The molecule has 0 amide bonds. The predicted molar refractivity (Wildman–Crippen MR) is 54.7 cm³/mol. The minimum Gasteiger partial charge on any atom is -0.490 e. The Hall–Kier alpha value is -1.25. The van der Waals surface area contributed by atoms with Crippen LogP contribution in [0, 0.1) is 5.41 Å². The van der Waals surface area contributed by atoms with Gasteiger partial charge in [0.05, 0.1) is 7.11 Å². The molecule has 0 saturated heterocycles. The van der Waals surface area contributed by atoms with Gasteiger partial charge in [-0.1, -0.05) is 20.8 Å². The number of hydrogen-bond acceptors (Lipinski definition) is 3. The molecular formula is C11H16O3. The van der Waals surface area contributed by atoms with Gasteiger partial charge >= 0.3 is 0 Å². The fourth-order valence-electron chi connectivity index (χ4n) is 1.20. The van der Waals surface area contributed by atoms with Crippen LogP contribution in [0.2, 0.25) is 0 Å². The summed E-state index contributed by atoms with van der Waals surface area (Å²) in [4.78, 5) is 11.4. The lowest BCUT2D eigenvalue weighted by Crippen LogP contribution is -2.12. The van der Waals surface area contributed by atoms with E-state index in [2.05, 4.69) is 20.8 Å². The van der Waals surface area contributed by atoms with Gasteiger partial charge in [-0.25, -0.2) is 0 Å². The summed E-state index contributed by atoms with van der Waals surface area (Å²) in [5, 5.41) is 0. The largest absolute Gasteiger partial charge is 0.490 e. The van der Waals surface area contributed by atoms with Gasteiger partial charge < -0.3 is 9.15 Å². The van der Waals surface area contributed by atoms with Crippen LogP contribution in [0.15, 0.2) is 21.5 Å². The summed E-state index contributed by atoms with van der Waals surface area (Å²) in [6, 6.07) is 1.49. The van der Waals surface area contributed by atoms with Crippen molar-refractivity contribution in [3.8, 4) is 5.75 Å². The van der Waals surface area contributed by atoms with Gasteiger partial charge in [-0.05, 0) is 5.41 Å². The summed E-state index contributed by atoms with van der Waals surface area (Å²) in [7, 11) is 1.45. The highest BCUT2D eigenvalue weighted by molar-refractivity contribution is 5.17. The number of hydrogen-bond donors (Lipinski definition) is 0. The van der Waals surface area contributed by atoms with Gasteiger partial charge in [0.1, 0.15) is 12.0 Å². The highest BCUT2D eigenvalue weighted by Gasteiger charge is 2.14. The number of rotatable bonds is 2. The molecule has 0 N–H and O–H groups in total. The Bertz CT molecular complexity index is 358. The zero-order chi connectivity index (χ0) is 10.8. The average molecular weight is 196 g/mol. The van der Waals surface area contributed by atoms with Crippen LogP contribution in [-0.2, 0) is 6.42 Å². The Morgan fingerprint density at radius 1 is 1.43 bits per heavy atom. The number of ether oxygens (including phenoxy) is 1. The van der Waals surface area contributed by atoms with Crippen LogP contribution >= 0.6 is 0 Å². The standard InChI is InChI=1S/C11H16O3/c1-11(2,3)6-8-5-9(12)10(13-4)7-14-8/h5,7H,6H2,1-4H3. The average Bonchev–Trinajstić information content (AvgIpc) is 2.01. The highest BCUT2D eigenvalue weighted by Crippen LogP contribution is 2.20. The molecule has 3 heteroatoms. The SMILES string of the molecule is COc1coc(CC(C)(C)C)cc1=O. The van der Waals surface area contributed by atoms with E-state index in [9.17, 15) is 4.79 Å². The molecule has 0 unspecified atom stereocenters. The summed E-state index contributed by atoms with van der Waals surface area (Å²) in [6.45, 7) is 6.28. The maximum Gasteiger partial charge on any atom is 0.226 e. The minimum absolute atomic E-state index is 0.116. The summed E-state index contributed by atoms with van der Waals surface area (Å²) in [5.41, 5.74) is -0.0112. The van der Waals surface area contributed by atoms with Gasteiger partial charge in [-0.3, -0.25) is 4.79 Å². The van der Waals surface area contributed by atoms with Crippen LogP contribution in [0.5, 0.6) is 5.75 Å². The second kappa shape index (κ2) is 3.86. The summed E-state index contributed by atoms with van der Waals surface area (Å²) in [6.07, 6.45) is 2.11. The monoisotopic (exact) mass is 196 g/mol. The summed E-state index contributed by atoms with van der Waals surface area (Å²) in [5.74, 6) is 0.950. The third-order valence-electron chi connectivity index (χ3n) is 1.78. The lowest BCUT2D eigenvalue weighted by molar-refractivity contribution is 0.339. The molecule has 0 atom stereocenters. The molecule has 0 aliphatic heterocycles. The Kier molecular flexibility index (Phi) is 2.99. The van der Waals surface area contributed by atoms with Gasteiger partial charge in [-0.2, -0.15) is 0 Å². The van der Waals surface area contributed by atoms with E-state index in [1.807, 2.05) is 0 Å². The molecule has 1 rings (SSSR count). The lowest BCUT2D eigenvalue weighted by atomic mass is 9.91. The summed E-state index contributed by atoms with van der Waals surface area (Å²) < 4.78 is 10.1. The Morgan fingerprint density at radius 2 is 2.07 bits per heavy atom. The topological polar surface area (TPSA) is 39.4 Å². The van der Waals surface area contributed by atoms with Gasteiger partial charge in [0.25, 0.3) is 0 Å². The van der Waals surface area contributed by atoms with Crippen LogP contribution in [0.25, 0.3) is 0 Å². The van der Waals surface area contributed by atoms with E-state index in [-0.39, 0.29) is 16.6 Å². The van der Waals surface area contributed by atoms with Gasteiger partial charge in [0, 0.05) is 12.5 Å². The molecule has 78 valence electrons. The Morgan fingerprint density at radius 3 is 2.50 bits per heavy atom. The van der Waals surface area contributed by atoms with Crippen LogP contribution in [0.4, 0.5) is 0 Å². The van der Waals surface area contributed by atoms with Crippen molar-refractivity contribution < 1.29 is 9.15 Å². The van der Waals surface area contributed by atoms with Crippen molar-refractivity contribution in [1.29, 1.82) is 0 Å². The van der Waals surface area contributed by atoms with E-state index >= 15 is 0 Å². The second-order valence-corrected chi connectivity index (χ2v) is 4.52. The van der Waals surface area contributed by atoms with Crippen molar-refractivity contribution in [2.45, 2.75) is 27.2 Å². The van der Waals surface area contributed by atoms with Crippen molar-refractivity contribution in [2.75, 3.05) is 7.11 Å². The van der Waals surface area contributed by atoms with E-state index < -0.39 is 0 Å². The van der Waals surface area contributed by atoms with Crippen molar-refractivity contribution in [1.82, 2.24) is 0 Å². The van der Waals surface area contributed by atoms with Gasteiger partial charge in [0.15, 0.2) is 0 Å². The van der Waals surface area contributed by atoms with E-state index in [4.69, 9.17) is 9.15 Å². The van der Waals surface area contributed by atoms with Crippen LogP contribution in [0.3, 0.4) is 0 Å². The minimum atomic E-state index is -0.127. The molecule has 1 heterocycles. The zero-order valence-electron chi connectivity index (χ0n) is 9.09. The molecule has 1 aromatic heterocycles. The highest BCUT2D eigenvalue weighted by atomic mass is 16.5. The van der Waals surface area contributed by atoms with Crippen molar-refractivity contribution >= 4 is 0 Å². The predicted octanol–water partition coefficient (Wildman–Crippen LogP) is 2.24.